The van der Waals surface area contributed by atoms with Crippen molar-refractivity contribution in [1.29, 1.82) is 0 Å². The minimum Gasteiger partial charge on any atom is -0.464 e. The maximum absolute atomic E-state index is 13.8. The fraction of sp³-hybridized carbons (Fsp3) is 0.423. The summed E-state index contributed by atoms with van der Waals surface area (Å²) in [5, 5.41) is 25.3. The number of anilines is 1. The molecule has 0 bridgehead atoms. The van der Waals surface area contributed by atoms with Gasteiger partial charge in [0.15, 0.2) is 11.8 Å². The number of rotatable bonds is 11. The van der Waals surface area contributed by atoms with Crippen molar-refractivity contribution in [2.24, 2.45) is 5.92 Å². The number of carbonyl (C=O) groups excluding carboxylic acids is 1. The Bertz CT molecular complexity index is 1430. The standard InChI is InChI=1S/C26H32N5O8P/c1-5-26(34)21(32)20(38-25(26)31-12-11-19-22(27)28-15-29-23(19)31)14-37-40(35,39-18-9-7-6-8-10-18)30-17(4)24(33)36-13-16(2)3/h1,6-12,15-17,20-21,25,32,34H,13-14H2,2-4H3,(H,30,35)(H2,27,28,29)/t17-,20+,21+,25+,26+,40?/m0/s1. The number of fused-ring (bicyclic) bond motifs is 1. The van der Waals surface area contributed by atoms with Crippen LogP contribution in [0.1, 0.15) is 27.0 Å². The summed E-state index contributed by atoms with van der Waals surface area (Å²) < 4.78 is 37.7. The van der Waals surface area contributed by atoms with Crippen molar-refractivity contribution < 1.29 is 38.1 Å². The van der Waals surface area contributed by atoms with Gasteiger partial charge in [-0.05, 0) is 31.0 Å². The highest BCUT2D eigenvalue weighted by atomic mass is 31.2. The molecule has 0 radical (unpaired) electrons. The minimum absolute atomic E-state index is 0.101. The molecule has 0 saturated carbocycles. The molecule has 2 aromatic heterocycles. The summed E-state index contributed by atoms with van der Waals surface area (Å²) in [4.78, 5) is 20.6. The summed E-state index contributed by atoms with van der Waals surface area (Å²) >= 11 is 0. The van der Waals surface area contributed by atoms with Crippen molar-refractivity contribution in [3.63, 3.8) is 0 Å². The molecule has 1 unspecified atom stereocenters. The monoisotopic (exact) mass is 573 g/mol. The van der Waals surface area contributed by atoms with E-state index < -0.39 is 50.4 Å². The third-order valence-electron chi connectivity index (χ3n) is 6.15. The molecule has 0 spiro atoms. The second-order valence-corrected chi connectivity index (χ2v) is 11.4. The van der Waals surface area contributed by atoms with Gasteiger partial charge in [0.25, 0.3) is 0 Å². The summed E-state index contributed by atoms with van der Waals surface area (Å²) in [6, 6.07) is 8.72. The van der Waals surface area contributed by atoms with Crippen LogP contribution in [-0.2, 0) is 23.4 Å². The Labute approximate surface area is 231 Å². The lowest BCUT2D eigenvalue weighted by atomic mass is 9.95. The molecule has 40 heavy (non-hydrogen) atoms. The van der Waals surface area contributed by atoms with Crippen molar-refractivity contribution in [2.75, 3.05) is 18.9 Å². The maximum atomic E-state index is 13.8. The SMILES string of the molecule is C#C[C@@]1(O)[C@H](O)[C@@H](COP(=O)(N[C@@H](C)C(=O)OCC(C)C)Oc2ccccc2)O[C@H]1n1ccc2c(N)ncnc21. The van der Waals surface area contributed by atoms with E-state index in [1.54, 1.807) is 36.4 Å². The number of nitrogens with one attached hydrogen (secondary N) is 1. The number of hydrogen-bond donors (Lipinski definition) is 4. The Hall–Kier alpha value is -3.50. The Balaban J connectivity index is 1.55. The molecular weight excluding hydrogens is 541 g/mol. The number of hydrogen-bond acceptors (Lipinski definition) is 11. The number of terminal acetylenes is 1. The number of aliphatic hydroxyl groups excluding tert-OH is 1. The number of aromatic nitrogens is 3. The molecule has 1 aromatic carbocycles. The van der Waals surface area contributed by atoms with Crippen molar-refractivity contribution in [2.45, 2.75) is 50.8 Å². The van der Waals surface area contributed by atoms with Crippen LogP contribution in [-0.4, -0.2) is 67.8 Å². The van der Waals surface area contributed by atoms with Gasteiger partial charge in [-0.3, -0.25) is 9.32 Å². The number of esters is 1. The lowest BCUT2D eigenvalue weighted by molar-refractivity contribution is -0.146. The van der Waals surface area contributed by atoms with Crippen molar-refractivity contribution in [3.05, 3.63) is 48.9 Å². The van der Waals surface area contributed by atoms with Crippen molar-refractivity contribution in [1.82, 2.24) is 19.6 Å². The van der Waals surface area contributed by atoms with E-state index in [0.717, 1.165) is 0 Å². The highest BCUT2D eigenvalue weighted by Crippen LogP contribution is 2.47. The second-order valence-electron chi connectivity index (χ2n) is 9.73. The molecule has 0 aliphatic carbocycles. The fourth-order valence-electron chi connectivity index (χ4n) is 4.06. The first-order chi connectivity index (χ1) is 19.0. The van der Waals surface area contributed by atoms with E-state index in [1.807, 2.05) is 13.8 Å². The van der Waals surface area contributed by atoms with E-state index in [9.17, 15) is 19.6 Å². The van der Waals surface area contributed by atoms with Gasteiger partial charge in [-0.1, -0.05) is 38.0 Å². The Morgan fingerprint density at radius 3 is 2.70 bits per heavy atom. The summed E-state index contributed by atoms with van der Waals surface area (Å²) in [6.45, 7) is 4.85. The van der Waals surface area contributed by atoms with Crippen LogP contribution in [0.3, 0.4) is 0 Å². The van der Waals surface area contributed by atoms with Crippen LogP contribution in [0.4, 0.5) is 5.82 Å². The highest BCUT2D eigenvalue weighted by Gasteiger charge is 2.56. The topological polar surface area (TPSA) is 180 Å². The number of para-hydroxylation sites is 1. The molecule has 3 heterocycles. The van der Waals surface area contributed by atoms with Crippen LogP contribution in [0.5, 0.6) is 5.75 Å². The summed E-state index contributed by atoms with van der Waals surface area (Å²) in [7, 11) is -4.27. The Kier molecular flexibility index (Phi) is 8.80. The van der Waals surface area contributed by atoms with Crippen molar-refractivity contribution in [3.8, 4) is 18.1 Å². The molecule has 5 N–H and O–H groups in total. The lowest BCUT2D eigenvalue weighted by Gasteiger charge is -2.26. The summed E-state index contributed by atoms with van der Waals surface area (Å²) in [5.74, 6) is 2.04. The van der Waals surface area contributed by atoms with Gasteiger partial charge in [0, 0.05) is 6.20 Å². The number of benzene rings is 1. The van der Waals surface area contributed by atoms with E-state index in [-0.39, 0.29) is 24.1 Å². The van der Waals surface area contributed by atoms with E-state index in [1.165, 1.54) is 24.0 Å². The average Bonchev–Trinajstić information content (AvgIpc) is 3.46. The quantitative estimate of drug-likeness (QED) is 0.149. The first kappa shape index (κ1) is 29.5. The summed E-state index contributed by atoms with van der Waals surface area (Å²) in [5.41, 5.74) is 4.01. The smallest absolute Gasteiger partial charge is 0.459 e. The predicted octanol–water partition coefficient (Wildman–Crippen LogP) is 2.02. The van der Waals surface area contributed by atoms with Crippen LogP contribution < -0.4 is 15.3 Å². The molecule has 14 heteroatoms. The van der Waals surface area contributed by atoms with Gasteiger partial charge in [0.05, 0.1) is 18.6 Å². The lowest BCUT2D eigenvalue weighted by Crippen LogP contribution is -2.46. The molecule has 3 aromatic rings. The zero-order valence-corrected chi connectivity index (χ0v) is 23.1. The zero-order chi connectivity index (χ0) is 29.1. The molecule has 1 aliphatic rings. The number of aliphatic hydroxyl groups is 2. The van der Waals surface area contributed by atoms with Gasteiger partial charge < -0.3 is 34.5 Å². The first-order valence-corrected chi connectivity index (χ1v) is 14.1. The number of ether oxygens (including phenoxy) is 2. The molecule has 4 rings (SSSR count). The van der Waals surface area contributed by atoms with Gasteiger partial charge in [-0.15, -0.1) is 6.42 Å². The molecule has 1 saturated heterocycles. The molecule has 1 fully saturated rings. The third-order valence-corrected chi connectivity index (χ3v) is 7.79. The Morgan fingerprint density at radius 2 is 2.02 bits per heavy atom. The van der Waals surface area contributed by atoms with E-state index in [2.05, 4.69) is 21.0 Å². The van der Waals surface area contributed by atoms with Crippen LogP contribution in [0.25, 0.3) is 11.0 Å². The first-order valence-electron chi connectivity index (χ1n) is 12.5. The number of nitrogen functional groups attached to an aromatic ring is 1. The fourth-order valence-corrected chi connectivity index (χ4v) is 5.57. The van der Waals surface area contributed by atoms with Crippen molar-refractivity contribution >= 4 is 30.6 Å². The number of carbonyl (C=O) groups is 1. The molecule has 6 atom stereocenters. The largest absolute Gasteiger partial charge is 0.464 e. The number of nitrogens with zero attached hydrogens (tertiary/aromatic N) is 3. The van der Waals surface area contributed by atoms with E-state index in [0.29, 0.717) is 11.0 Å². The van der Waals surface area contributed by atoms with E-state index in [4.69, 9.17) is 30.7 Å². The predicted molar refractivity (Wildman–Crippen MR) is 145 cm³/mol. The van der Waals surface area contributed by atoms with Gasteiger partial charge in [-0.2, -0.15) is 5.09 Å². The van der Waals surface area contributed by atoms with Crippen LogP contribution in [0.15, 0.2) is 48.9 Å². The minimum atomic E-state index is -4.27. The summed E-state index contributed by atoms with van der Waals surface area (Å²) in [6.07, 6.45) is 4.17. The van der Waals surface area contributed by atoms with Gasteiger partial charge in [0.2, 0.25) is 0 Å². The molecule has 1 aliphatic heterocycles. The molecule has 0 amide bonds. The van der Waals surface area contributed by atoms with Crippen LogP contribution in [0, 0.1) is 18.3 Å². The molecular formula is C26H32N5O8P. The Morgan fingerprint density at radius 1 is 1.30 bits per heavy atom. The van der Waals surface area contributed by atoms with Crippen LogP contribution >= 0.6 is 7.75 Å². The third kappa shape index (κ3) is 6.13. The average molecular weight is 574 g/mol. The normalized spacial score (nSPS) is 24.9. The van der Waals surface area contributed by atoms with E-state index >= 15 is 0 Å². The maximum Gasteiger partial charge on any atom is 0.459 e. The van der Waals surface area contributed by atoms with Gasteiger partial charge in [-0.25, -0.2) is 14.5 Å². The van der Waals surface area contributed by atoms with Gasteiger partial charge >= 0.3 is 13.7 Å². The van der Waals surface area contributed by atoms with Gasteiger partial charge in [0.1, 0.15) is 41.8 Å². The van der Waals surface area contributed by atoms with Crippen LogP contribution in [0.2, 0.25) is 0 Å². The number of nitrogens with two attached hydrogens (primary N) is 1. The molecule has 214 valence electrons. The highest BCUT2D eigenvalue weighted by molar-refractivity contribution is 7.52. The molecule has 13 nitrogen and oxygen atoms in total. The second kappa shape index (κ2) is 11.9. The zero-order valence-electron chi connectivity index (χ0n) is 22.2.